The Labute approximate surface area is 201 Å². The van der Waals surface area contributed by atoms with Gasteiger partial charge in [-0.3, -0.25) is 14.5 Å². The summed E-state index contributed by atoms with van der Waals surface area (Å²) in [5, 5.41) is 5.56. The van der Waals surface area contributed by atoms with Gasteiger partial charge in [0, 0.05) is 44.0 Å². The van der Waals surface area contributed by atoms with Crippen molar-refractivity contribution >= 4 is 27.5 Å². The highest BCUT2D eigenvalue weighted by atomic mass is 32.2. The highest BCUT2D eigenvalue weighted by Crippen LogP contribution is 2.27. The van der Waals surface area contributed by atoms with E-state index in [-0.39, 0.29) is 48.1 Å². The molecule has 1 aliphatic rings. The highest BCUT2D eigenvalue weighted by molar-refractivity contribution is 7.89. The van der Waals surface area contributed by atoms with Crippen molar-refractivity contribution in [2.75, 3.05) is 38.0 Å². The molecule has 1 saturated heterocycles. The molecule has 0 bridgehead atoms. The monoisotopic (exact) mass is 487 g/mol. The molecular weight excluding hydrogens is 454 g/mol. The lowest BCUT2D eigenvalue weighted by Crippen LogP contribution is -2.59. The largest absolute Gasteiger partial charge is 0.351 e. The number of nitrogens with two attached hydrogens (primary N) is 1. The van der Waals surface area contributed by atoms with Crippen LogP contribution in [0.3, 0.4) is 0 Å². The fourth-order valence-corrected chi connectivity index (χ4v) is 6.40. The van der Waals surface area contributed by atoms with Crippen LogP contribution in [0.4, 0.5) is 5.69 Å². The Balaban J connectivity index is 1.74. The molecule has 2 unspecified atom stereocenters. The first-order chi connectivity index (χ1) is 16.1. The molecule has 4 N–H and O–H groups in total. The Morgan fingerprint density at radius 1 is 1.03 bits per heavy atom. The lowest BCUT2D eigenvalue weighted by molar-refractivity contribution is -0.118. The van der Waals surface area contributed by atoms with Gasteiger partial charge >= 0.3 is 0 Å². The maximum Gasteiger partial charge on any atom is 0.252 e. The van der Waals surface area contributed by atoms with Crippen LogP contribution in [0, 0.1) is 6.92 Å². The number of para-hydroxylation sites is 1. The minimum atomic E-state index is -3.95. The summed E-state index contributed by atoms with van der Waals surface area (Å²) in [5.74, 6) is -0.622. The summed E-state index contributed by atoms with van der Waals surface area (Å²) in [5.41, 5.74) is 7.29. The number of anilines is 1. The number of aryl methyl sites for hydroxylation is 1. The van der Waals surface area contributed by atoms with E-state index in [9.17, 15) is 18.0 Å². The molecule has 3 rings (SSSR count). The predicted octanol–water partition coefficient (Wildman–Crippen LogP) is 1.41. The van der Waals surface area contributed by atoms with Crippen LogP contribution in [0.1, 0.15) is 29.8 Å². The molecule has 0 radical (unpaired) electrons. The minimum Gasteiger partial charge on any atom is -0.351 e. The Bertz CT molecular complexity index is 1130. The van der Waals surface area contributed by atoms with Crippen LogP contribution < -0.4 is 16.4 Å². The molecule has 0 aromatic heterocycles. The van der Waals surface area contributed by atoms with E-state index in [1.54, 1.807) is 12.1 Å². The second-order valence-corrected chi connectivity index (χ2v) is 10.4. The fraction of sp³-hybridized carbons (Fsp3) is 0.417. The third kappa shape index (κ3) is 5.82. The standard InChI is InChI=1S/C24H33N5O4S/c1-17-8-4-6-10-21(17)27-23(30)16-28-14-18(2)29(19(3)15-28)34(32,33)22-11-7-5-9-20(22)24(31)26-13-12-25/h4-11,18-19H,12-16,25H2,1-3H3,(H,26,31)(H,27,30). The first kappa shape index (κ1) is 25.8. The van der Waals surface area contributed by atoms with Gasteiger partial charge in [0.05, 0.1) is 17.0 Å². The average Bonchev–Trinajstić information content (AvgIpc) is 2.78. The quantitative estimate of drug-likeness (QED) is 0.517. The maximum absolute atomic E-state index is 13.6. The van der Waals surface area contributed by atoms with E-state index in [0.717, 1.165) is 11.3 Å². The maximum atomic E-state index is 13.6. The first-order valence-corrected chi connectivity index (χ1v) is 12.8. The number of hydrogen-bond donors (Lipinski definition) is 3. The third-order valence-electron chi connectivity index (χ3n) is 5.82. The molecule has 2 amide bonds. The van der Waals surface area contributed by atoms with E-state index < -0.39 is 15.9 Å². The molecule has 1 heterocycles. The number of sulfonamides is 1. The zero-order valence-electron chi connectivity index (χ0n) is 19.8. The zero-order valence-corrected chi connectivity index (χ0v) is 20.6. The van der Waals surface area contributed by atoms with Gasteiger partial charge in [-0.1, -0.05) is 30.3 Å². The van der Waals surface area contributed by atoms with Crippen molar-refractivity contribution in [3.8, 4) is 0 Å². The Hall–Kier alpha value is -2.79. The summed E-state index contributed by atoms with van der Waals surface area (Å²) < 4.78 is 28.7. The molecule has 9 nitrogen and oxygen atoms in total. The van der Waals surface area contributed by atoms with Gasteiger partial charge < -0.3 is 16.4 Å². The van der Waals surface area contributed by atoms with Crippen LogP contribution in [-0.4, -0.2) is 74.2 Å². The molecule has 0 spiro atoms. The van der Waals surface area contributed by atoms with Crippen molar-refractivity contribution < 1.29 is 18.0 Å². The van der Waals surface area contributed by atoms with Crippen molar-refractivity contribution in [3.05, 3.63) is 59.7 Å². The second-order valence-electron chi connectivity index (χ2n) is 8.63. The number of nitrogens with zero attached hydrogens (tertiary/aromatic N) is 2. The number of carbonyl (C=O) groups is 2. The first-order valence-electron chi connectivity index (χ1n) is 11.3. The second kappa shape index (κ2) is 11.1. The molecule has 10 heteroatoms. The van der Waals surface area contributed by atoms with Gasteiger partial charge in [-0.05, 0) is 44.5 Å². The van der Waals surface area contributed by atoms with E-state index in [0.29, 0.717) is 13.1 Å². The summed E-state index contributed by atoms with van der Waals surface area (Å²) >= 11 is 0. The van der Waals surface area contributed by atoms with Crippen LogP contribution >= 0.6 is 0 Å². The van der Waals surface area contributed by atoms with Crippen LogP contribution in [-0.2, 0) is 14.8 Å². The number of amides is 2. The fourth-order valence-electron chi connectivity index (χ4n) is 4.40. The van der Waals surface area contributed by atoms with Crippen molar-refractivity contribution in [2.24, 2.45) is 5.73 Å². The number of piperazine rings is 1. The highest BCUT2D eigenvalue weighted by Gasteiger charge is 2.40. The molecule has 0 aliphatic carbocycles. The topological polar surface area (TPSA) is 125 Å². The smallest absolute Gasteiger partial charge is 0.252 e. The van der Waals surface area contributed by atoms with Gasteiger partial charge in [0.25, 0.3) is 5.91 Å². The lowest BCUT2D eigenvalue weighted by Gasteiger charge is -2.43. The molecule has 34 heavy (non-hydrogen) atoms. The molecule has 1 aliphatic heterocycles. The van der Waals surface area contributed by atoms with Gasteiger partial charge in [0.15, 0.2) is 0 Å². The number of benzene rings is 2. The number of hydrogen-bond acceptors (Lipinski definition) is 6. The van der Waals surface area contributed by atoms with Gasteiger partial charge in [-0.2, -0.15) is 4.31 Å². The molecule has 2 aromatic carbocycles. The van der Waals surface area contributed by atoms with Crippen molar-refractivity contribution in [1.29, 1.82) is 0 Å². The molecule has 0 saturated carbocycles. The van der Waals surface area contributed by atoms with Crippen LogP contribution in [0.25, 0.3) is 0 Å². The Morgan fingerprint density at radius 2 is 1.65 bits per heavy atom. The van der Waals surface area contributed by atoms with E-state index in [1.165, 1.54) is 16.4 Å². The van der Waals surface area contributed by atoms with Crippen LogP contribution in [0.5, 0.6) is 0 Å². The van der Waals surface area contributed by atoms with Crippen molar-refractivity contribution in [2.45, 2.75) is 37.8 Å². The summed E-state index contributed by atoms with van der Waals surface area (Å²) in [4.78, 5) is 27.1. The molecule has 184 valence electrons. The number of nitrogens with one attached hydrogen (secondary N) is 2. The predicted molar refractivity (Wildman–Crippen MR) is 132 cm³/mol. The van der Waals surface area contributed by atoms with Crippen LogP contribution in [0.2, 0.25) is 0 Å². The lowest BCUT2D eigenvalue weighted by atomic mass is 10.1. The van der Waals surface area contributed by atoms with E-state index in [1.807, 2.05) is 49.9 Å². The Morgan fingerprint density at radius 3 is 2.29 bits per heavy atom. The van der Waals surface area contributed by atoms with Gasteiger partial charge in [0.2, 0.25) is 15.9 Å². The Kier molecular flexibility index (Phi) is 8.42. The number of carbonyl (C=O) groups excluding carboxylic acids is 2. The van der Waals surface area contributed by atoms with Gasteiger partial charge in [-0.15, -0.1) is 0 Å². The molecule has 1 fully saturated rings. The van der Waals surface area contributed by atoms with E-state index >= 15 is 0 Å². The normalized spacial score (nSPS) is 19.5. The zero-order chi connectivity index (χ0) is 24.9. The van der Waals surface area contributed by atoms with Gasteiger partial charge in [0.1, 0.15) is 0 Å². The SMILES string of the molecule is Cc1ccccc1NC(=O)CN1CC(C)N(S(=O)(=O)c2ccccc2C(=O)NCCN)C(C)C1. The van der Waals surface area contributed by atoms with Crippen LogP contribution in [0.15, 0.2) is 53.4 Å². The van der Waals surface area contributed by atoms with Crippen molar-refractivity contribution in [3.63, 3.8) is 0 Å². The molecule has 2 aromatic rings. The third-order valence-corrected chi connectivity index (χ3v) is 8.00. The average molecular weight is 488 g/mol. The molecular formula is C24H33N5O4S. The van der Waals surface area contributed by atoms with Crippen molar-refractivity contribution in [1.82, 2.24) is 14.5 Å². The summed E-state index contributed by atoms with van der Waals surface area (Å²) in [7, 11) is -3.95. The van der Waals surface area contributed by atoms with E-state index in [2.05, 4.69) is 10.6 Å². The summed E-state index contributed by atoms with van der Waals surface area (Å²) in [6.45, 7) is 7.02. The molecule has 2 atom stereocenters. The number of rotatable bonds is 8. The van der Waals surface area contributed by atoms with E-state index in [4.69, 9.17) is 5.73 Å². The summed E-state index contributed by atoms with van der Waals surface area (Å²) in [6, 6.07) is 13.0. The minimum absolute atomic E-state index is 0.0334. The van der Waals surface area contributed by atoms with Gasteiger partial charge in [-0.25, -0.2) is 8.42 Å². The summed E-state index contributed by atoms with van der Waals surface area (Å²) in [6.07, 6.45) is 0.